The molecule has 2 heterocycles. The number of guanidine groups is 1. The fraction of sp³-hybridized carbons (Fsp3) is 0.938. The van der Waals surface area contributed by atoms with Crippen LogP contribution in [0.15, 0.2) is 4.99 Å². The van der Waals surface area contributed by atoms with Gasteiger partial charge in [-0.15, -0.1) is 24.0 Å². The number of nitrogens with zero attached hydrogens (tertiary/aromatic N) is 2. The lowest BCUT2D eigenvalue weighted by atomic mass is 9.88. The molecule has 2 rings (SSSR count). The maximum atomic E-state index is 6.01. The maximum absolute atomic E-state index is 6.01. The molecule has 0 bridgehead atoms. The molecule has 136 valence electrons. The van der Waals surface area contributed by atoms with Gasteiger partial charge in [0, 0.05) is 38.5 Å². The molecule has 0 unspecified atom stereocenters. The van der Waals surface area contributed by atoms with Crippen molar-refractivity contribution in [1.82, 2.24) is 10.2 Å². The second kappa shape index (κ2) is 11.4. The van der Waals surface area contributed by atoms with E-state index in [0.717, 1.165) is 58.8 Å². The molecule has 7 heteroatoms. The van der Waals surface area contributed by atoms with Crippen LogP contribution in [0.4, 0.5) is 0 Å². The normalized spacial score (nSPS) is 21.9. The summed E-state index contributed by atoms with van der Waals surface area (Å²) in [6.45, 7) is 9.20. The largest absolute Gasteiger partial charge is 0.382 e. The van der Waals surface area contributed by atoms with Gasteiger partial charge in [0.1, 0.15) is 0 Å². The van der Waals surface area contributed by atoms with E-state index in [4.69, 9.17) is 15.2 Å². The molecule has 0 amide bonds. The van der Waals surface area contributed by atoms with Crippen molar-refractivity contribution in [3.05, 3.63) is 0 Å². The molecule has 23 heavy (non-hydrogen) atoms. The quantitative estimate of drug-likeness (QED) is 0.260. The smallest absolute Gasteiger partial charge is 0.188 e. The molecule has 0 spiro atoms. The maximum Gasteiger partial charge on any atom is 0.188 e. The molecule has 2 fully saturated rings. The molecular formula is C16H33IN4O2. The average molecular weight is 440 g/mol. The third kappa shape index (κ3) is 6.72. The van der Waals surface area contributed by atoms with Gasteiger partial charge in [0.05, 0.1) is 6.54 Å². The standard InChI is InChI=1S/C16H32N4O2.HI/c1-2-21-11-5-8-18-15(17)19-14-16(6-12-22-13-7-16)20-9-3-4-10-20;/h2-14H2,1H3,(H3,17,18,19);1H. The predicted molar refractivity (Wildman–Crippen MR) is 105 cm³/mol. The minimum absolute atomic E-state index is 0. The van der Waals surface area contributed by atoms with Gasteiger partial charge >= 0.3 is 0 Å². The number of rotatable bonds is 8. The van der Waals surface area contributed by atoms with Crippen molar-refractivity contribution < 1.29 is 9.47 Å². The summed E-state index contributed by atoms with van der Waals surface area (Å²) in [7, 11) is 0. The zero-order chi connectivity index (χ0) is 15.7. The first-order valence-electron chi connectivity index (χ1n) is 8.71. The van der Waals surface area contributed by atoms with Crippen LogP contribution < -0.4 is 11.1 Å². The Hall–Kier alpha value is -0.120. The van der Waals surface area contributed by atoms with Gasteiger partial charge < -0.3 is 20.5 Å². The lowest BCUT2D eigenvalue weighted by Gasteiger charge is -2.43. The zero-order valence-corrected chi connectivity index (χ0v) is 16.7. The Bertz CT molecular complexity index is 343. The molecule has 0 aromatic carbocycles. The van der Waals surface area contributed by atoms with Crippen LogP contribution in [-0.4, -0.2) is 69.0 Å². The lowest BCUT2D eigenvalue weighted by Crippen LogP contribution is -2.53. The van der Waals surface area contributed by atoms with Gasteiger partial charge in [-0.05, 0) is 52.1 Å². The number of nitrogens with two attached hydrogens (primary N) is 1. The SMILES string of the molecule is CCOCCCNC(N)=NCC1(N2CCCC2)CCOCC1.I. The second-order valence-corrected chi connectivity index (χ2v) is 6.21. The highest BCUT2D eigenvalue weighted by molar-refractivity contribution is 14.0. The highest BCUT2D eigenvalue weighted by atomic mass is 127. The highest BCUT2D eigenvalue weighted by Crippen LogP contribution is 2.31. The minimum Gasteiger partial charge on any atom is -0.382 e. The van der Waals surface area contributed by atoms with Crippen molar-refractivity contribution in [1.29, 1.82) is 0 Å². The van der Waals surface area contributed by atoms with Crippen LogP contribution in [0.2, 0.25) is 0 Å². The first-order valence-corrected chi connectivity index (χ1v) is 8.71. The average Bonchev–Trinajstić information content (AvgIpc) is 3.09. The molecule has 0 aromatic heterocycles. The van der Waals surface area contributed by atoms with Crippen molar-refractivity contribution in [2.24, 2.45) is 10.7 Å². The van der Waals surface area contributed by atoms with Crippen molar-refractivity contribution in [2.75, 3.05) is 52.6 Å². The van der Waals surface area contributed by atoms with Crippen LogP contribution in [0, 0.1) is 0 Å². The highest BCUT2D eigenvalue weighted by Gasteiger charge is 2.39. The molecule has 2 saturated heterocycles. The Morgan fingerprint density at radius 1 is 1.30 bits per heavy atom. The summed E-state index contributed by atoms with van der Waals surface area (Å²) in [5.74, 6) is 0.557. The van der Waals surface area contributed by atoms with Gasteiger partial charge in [-0.2, -0.15) is 0 Å². The second-order valence-electron chi connectivity index (χ2n) is 6.21. The molecule has 0 aromatic rings. The summed E-state index contributed by atoms with van der Waals surface area (Å²) in [6, 6.07) is 0. The van der Waals surface area contributed by atoms with Crippen molar-refractivity contribution >= 4 is 29.9 Å². The molecule has 0 radical (unpaired) electrons. The number of ether oxygens (including phenoxy) is 2. The van der Waals surface area contributed by atoms with E-state index in [9.17, 15) is 0 Å². The van der Waals surface area contributed by atoms with Gasteiger partial charge in [0.15, 0.2) is 5.96 Å². The van der Waals surface area contributed by atoms with Gasteiger partial charge in [0.2, 0.25) is 0 Å². The fourth-order valence-corrected chi connectivity index (χ4v) is 3.34. The monoisotopic (exact) mass is 440 g/mol. The lowest BCUT2D eigenvalue weighted by molar-refractivity contribution is -0.0138. The van der Waals surface area contributed by atoms with Crippen molar-refractivity contribution in [3.8, 4) is 0 Å². The van der Waals surface area contributed by atoms with E-state index in [0.29, 0.717) is 5.96 Å². The molecule has 2 aliphatic rings. The van der Waals surface area contributed by atoms with Crippen molar-refractivity contribution in [2.45, 2.75) is 44.6 Å². The Labute approximate surface area is 157 Å². The van der Waals surface area contributed by atoms with E-state index in [2.05, 4.69) is 15.2 Å². The van der Waals surface area contributed by atoms with Crippen LogP contribution in [-0.2, 0) is 9.47 Å². The van der Waals surface area contributed by atoms with E-state index in [1.54, 1.807) is 0 Å². The molecule has 0 saturated carbocycles. The number of aliphatic imine (C=N–C) groups is 1. The predicted octanol–water partition coefficient (Wildman–Crippen LogP) is 1.58. The Kier molecular flexibility index (Phi) is 10.4. The number of likely N-dealkylation sites (tertiary alicyclic amines) is 1. The third-order valence-corrected chi connectivity index (χ3v) is 4.72. The summed E-state index contributed by atoms with van der Waals surface area (Å²) in [5, 5.41) is 3.19. The molecule has 6 nitrogen and oxygen atoms in total. The van der Waals surface area contributed by atoms with Crippen LogP contribution in [0.5, 0.6) is 0 Å². The number of hydrogen-bond donors (Lipinski definition) is 2. The Morgan fingerprint density at radius 3 is 2.65 bits per heavy atom. The van der Waals surface area contributed by atoms with Gasteiger partial charge in [-0.25, -0.2) is 0 Å². The minimum atomic E-state index is 0. The van der Waals surface area contributed by atoms with Crippen molar-refractivity contribution in [3.63, 3.8) is 0 Å². The van der Waals surface area contributed by atoms with Gasteiger partial charge in [-0.3, -0.25) is 9.89 Å². The number of nitrogens with one attached hydrogen (secondary N) is 1. The van der Waals surface area contributed by atoms with Gasteiger partial charge in [-0.1, -0.05) is 0 Å². The first-order chi connectivity index (χ1) is 10.8. The van der Waals surface area contributed by atoms with E-state index < -0.39 is 0 Å². The van der Waals surface area contributed by atoms with Crippen LogP contribution >= 0.6 is 24.0 Å². The van der Waals surface area contributed by atoms with E-state index in [1.807, 2.05) is 6.92 Å². The zero-order valence-electron chi connectivity index (χ0n) is 14.4. The summed E-state index contributed by atoms with van der Waals surface area (Å²) < 4.78 is 10.9. The third-order valence-electron chi connectivity index (χ3n) is 4.72. The molecule has 0 aliphatic carbocycles. The van der Waals surface area contributed by atoms with Crippen LogP contribution in [0.1, 0.15) is 39.0 Å². The topological polar surface area (TPSA) is 72.1 Å². The Morgan fingerprint density at radius 2 is 2.00 bits per heavy atom. The molecule has 2 aliphatic heterocycles. The van der Waals surface area contributed by atoms with E-state index >= 15 is 0 Å². The molecule has 0 atom stereocenters. The molecule has 3 N–H and O–H groups in total. The van der Waals surface area contributed by atoms with Crippen LogP contribution in [0.25, 0.3) is 0 Å². The Balaban J connectivity index is 0.00000264. The first kappa shape index (κ1) is 20.9. The summed E-state index contributed by atoms with van der Waals surface area (Å²) in [5.41, 5.74) is 6.17. The summed E-state index contributed by atoms with van der Waals surface area (Å²) >= 11 is 0. The summed E-state index contributed by atoms with van der Waals surface area (Å²) in [6.07, 6.45) is 5.69. The fourth-order valence-electron chi connectivity index (χ4n) is 3.34. The van der Waals surface area contributed by atoms with Gasteiger partial charge in [0.25, 0.3) is 0 Å². The summed E-state index contributed by atoms with van der Waals surface area (Å²) in [4.78, 5) is 7.24. The van der Waals surface area contributed by atoms with E-state index in [-0.39, 0.29) is 29.5 Å². The molecular weight excluding hydrogens is 407 g/mol. The van der Waals surface area contributed by atoms with Crippen LogP contribution in [0.3, 0.4) is 0 Å². The van der Waals surface area contributed by atoms with E-state index in [1.165, 1.54) is 25.9 Å². The number of hydrogen-bond acceptors (Lipinski definition) is 4. The number of halogens is 1.